The van der Waals surface area contributed by atoms with Crippen LogP contribution >= 0.6 is 0 Å². The van der Waals surface area contributed by atoms with E-state index in [1.165, 1.54) is 18.7 Å². The smallest absolute Gasteiger partial charge is 0.258 e. The van der Waals surface area contributed by atoms with Crippen LogP contribution in [0.2, 0.25) is 0 Å². The Morgan fingerprint density at radius 1 is 1.50 bits per heavy atom. The lowest BCUT2D eigenvalue weighted by Crippen LogP contribution is -2.38. The fraction of sp³-hybridized carbons (Fsp3) is 0.500. The highest BCUT2D eigenvalue weighted by atomic mass is 19.1. The second-order valence-corrected chi connectivity index (χ2v) is 4.63. The summed E-state index contributed by atoms with van der Waals surface area (Å²) >= 11 is 0. The largest absolute Gasteiger partial charge is 0.335 e. The number of carbonyl (C=O) groups is 1. The minimum absolute atomic E-state index is 0.107. The molecule has 1 saturated carbocycles. The van der Waals surface area contributed by atoms with Crippen LogP contribution in [0.1, 0.15) is 29.6 Å². The van der Waals surface area contributed by atoms with Crippen molar-refractivity contribution in [2.75, 3.05) is 6.54 Å². The maximum absolute atomic E-state index is 13.4. The highest BCUT2D eigenvalue weighted by Crippen LogP contribution is 2.38. The van der Waals surface area contributed by atoms with E-state index in [0.29, 0.717) is 12.0 Å². The second kappa shape index (κ2) is 3.54. The van der Waals surface area contributed by atoms with Gasteiger partial charge in [-0.2, -0.15) is 4.39 Å². The van der Waals surface area contributed by atoms with Crippen LogP contribution in [0.25, 0.3) is 0 Å². The Labute approximate surface area is 93.3 Å². The van der Waals surface area contributed by atoms with Gasteiger partial charge in [0, 0.05) is 18.8 Å². The minimum Gasteiger partial charge on any atom is -0.335 e. The van der Waals surface area contributed by atoms with E-state index < -0.39 is 5.95 Å². The maximum Gasteiger partial charge on any atom is 0.258 e. The molecule has 3 rings (SSSR count). The quantitative estimate of drug-likeness (QED) is 0.677. The van der Waals surface area contributed by atoms with Crippen LogP contribution in [0.3, 0.4) is 0 Å². The number of halogens is 1. The van der Waals surface area contributed by atoms with E-state index in [-0.39, 0.29) is 11.5 Å². The molecule has 1 aliphatic heterocycles. The number of hydrogen-bond acceptors (Lipinski definition) is 2. The average Bonchev–Trinajstić information content (AvgIpc) is 2.90. The number of nitrogens with zero attached hydrogens (tertiary/aromatic N) is 2. The fourth-order valence-corrected chi connectivity index (χ4v) is 2.87. The molecule has 0 spiro atoms. The molecule has 84 valence electrons. The van der Waals surface area contributed by atoms with E-state index in [1.807, 2.05) is 4.90 Å². The molecule has 2 unspecified atom stereocenters. The summed E-state index contributed by atoms with van der Waals surface area (Å²) in [6.07, 6.45) is 4.73. The first-order valence-corrected chi connectivity index (χ1v) is 5.67. The molecule has 0 radical (unpaired) electrons. The monoisotopic (exact) mass is 220 g/mol. The van der Waals surface area contributed by atoms with Crippen LogP contribution in [-0.2, 0) is 0 Å². The summed E-state index contributed by atoms with van der Waals surface area (Å²) in [7, 11) is 0. The van der Waals surface area contributed by atoms with Gasteiger partial charge in [-0.3, -0.25) is 4.79 Å². The van der Waals surface area contributed by atoms with E-state index in [2.05, 4.69) is 4.98 Å². The number of carbonyl (C=O) groups excluding carboxylic acids is 1. The van der Waals surface area contributed by atoms with Gasteiger partial charge in [-0.05, 0) is 37.3 Å². The van der Waals surface area contributed by atoms with Crippen LogP contribution in [0.15, 0.2) is 18.3 Å². The molecular weight excluding hydrogens is 207 g/mol. The first-order chi connectivity index (χ1) is 7.75. The highest BCUT2D eigenvalue weighted by Gasteiger charge is 2.40. The van der Waals surface area contributed by atoms with Crippen molar-refractivity contribution in [2.24, 2.45) is 5.92 Å². The molecular formula is C12H13FN2O. The molecule has 16 heavy (non-hydrogen) atoms. The van der Waals surface area contributed by atoms with Gasteiger partial charge in [0.05, 0.1) is 5.56 Å². The maximum atomic E-state index is 13.4. The number of aromatic nitrogens is 1. The summed E-state index contributed by atoms with van der Waals surface area (Å²) < 4.78 is 13.4. The molecule has 2 atom stereocenters. The summed E-state index contributed by atoms with van der Waals surface area (Å²) in [6.45, 7) is 0.790. The predicted octanol–water partition coefficient (Wildman–Crippen LogP) is 1.85. The molecule has 0 aromatic carbocycles. The van der Waals surface area contributed by atoms with Crippen molar-refractivity contribution in [2.45, 2.75) is 25.3 Å². The van der Waals surface area contributed by atoms with E-state index in [0.717, 1.165) is 19.4 Å². The lowest BCUT2D eigenvalue weighted by Gasteiger charge is -2.26. The number of amides is 1. The molecule has 2 fully saturated rings. The summed E-state index contributed by atoms with van der Waals surface area (Å²) in [5, 5.41) is 0. The van der Waals surface area contributed by atoms with Gasteiger partial charge >= 0.3 is 0 Å². The Morgan fingerprint density at radius 3 is 3.00 bits per heavy atom. The molecule has 1 amide bonds. The molecule has 2 aliphatic rings. The van der Waals surface area contributed by atoms with E-state index in [4.69, 9.17) is 0 Å². The van der Waals surface area contributed by atoms with Crippen LogP contribution in [0, 0.1) is 11.9 Å². The van der Waals surface area contributed by atoms with Gasteiger partial charge < -0.3 is 4.90 Å². The molecule has 4 heteroatoms. The topological polar surface area (TPSA) is 33.2 Å². The number of fused-ring (bicyclic) bond motifs is 2. The Morgan fingerprint density at radius 2 is 2.38 bits per heavy atom. The standard InChI is InChI=1S/C12H13FN2O/c13-11-10(2-1-5-14-11)12(16)15-7-8-3-4-9(15)6-8/h1-2,5,8-9H,3-4,6-7H2. The van der Waals surface area contributed by atoms with Crippen molar-refractivity contribution in [3.05, 3.63) is 29.8 Å². The first kappa shape index (κ1) is 9.75. The number of pyridine rings is 1. The molecule has 2 bridgehead atoms. The molecule has 1 aromatic heterocycles. The van der Waals surface area contributed by atoms with Gasteiger partial charge in [-0.25, -0.2) is 4.98 Å². The van der Waals surface area contributed by atoms with E-state index in [9.17, 15) is 9.18 Å². The Hall–Kier alpha value is -1.45. The van der Waals surface area contributed by atoms with Crippen molar-refractivity contribution in [1.29, 1.82) is 0 Å². The molecule has 2 heterocycles. The Bertz CT molecular complexity index is 435. The van der Waals surface area contributed by atoms with Crippen molar-refractivity contribution in [1.82, 2.24) is 9.88 Å². The van der Waals surface area contributed by atoms with Crippen LogP contribution in [0.5, 0.6) is 0 Å². The van der Waals surface area contributed by atoms with Gasteiger partial charge in [0.2, 0.25) is 5.95 Å². The molecule has 3 nitrogen and oxygen atoms in total. The van der Waals surface area contributed by atoms with Crippen molar-refractivity contribution in [3.8, 4) is 0 Å². The van der Waals surface area contributed by atoms with Gasteiger partial charge in [-0.1, -0.05) is 0 Å². The highest BCUT2D eigenvalue weighted by molar-refractivity contribution is 5.94. The minimum atomic E-state index is -0.657. The van der Waals surface area contributed by atoms with Gasteiger partial charge in [0.15, 0.2) is 0 Å². The number of likely N-dealkylation sites (tertiary alicyclic amines) is 1. The van der Waals surface area contributed by atoms with E-state index >= 15 is 0 Å². The van der Waals surface area contributed by atoms with Crippen molar-refractivity contribution >= 4 is 5.91 Å². The Kier molecular flexibility index (Phi) is 2.16. The van der Waals surface area contributed by atoms with Crippen LogP contribution < -0.4 is 0 Å². The average molecular weight is 220 g/mol. The number of rotatable bonds is 1. The van der Waals surface area contributed by atoms with Crippen molar-refractivity contribution < 1.29 is 9.18 Å². The number of hydrogen-bond donors (Lipinski definition) is 0. The molecule has 1 aromatic rings. The molecule has 0 N–H and O–H groups in total. The zero-order valence-corrected chi connectivity index (χ0v) is 8.90. The normalized spacial score (nSPS) is 27.4. The third-order valence-electron chi connectivity index (χ3n) is 3.66. The lowest BCUT2D eigenvalue weighted by atomic mass is 10.1. The third-order valence-corrected chi connectivity index (χ3v) is 3.66. The predicted molar refractivity (Wildman–Crippen MR) is 56.4 cm³/mol. The van der Waals surface area contributed by atoms with E-state index in [1.54, 1.807) is 6.07 Å². The van der Waals surface area contributed by atoms with Gasteiger partial charge in [0.25, 0.3) is 5.91 Å². The van der Waals surface area contributed by atoms with Gasteiger partial charge in [0.1, 0.15) is 0 Å². The summed E-state index contributed by atoms with van der Waals surface area (Å²) in [5.41, 5.74) is 0.107. The summed E-state index contributed by atoms with van der Waals surface area (Å²) in [5.74, 6) is -0.221. The van der Waals surface area contributed by atoms with Gasteiger partial charge in [-0.15, -0.1) is 0 Å². The first-order valence-electron chi connectivity index (χ1n) is 5.67. The van der Waals surface area contributed by atoms with Crippen LogP contribution in [0.4, 0.5) is 4.39 Å². The molecule has 1 aliphatic carbocycles. The lowest BCUT2D eigenvalue weighted by molar-refractivity contribution is 0.0698. The fourth-order valence-electron chi connectivity index (χ4n) is 2.87. The van der Waals surface area contributed by atoms with Crippen molar-refractivity contribution in [3.63, 3.8) is 0 Å². The summed E-state index contributed by atoms with van der Waals surface area (Å²) in [4.78, 5) is 17.4. The number of piperidine rings is 1. The zero-order valence-electron chi connectivity index (χ0n) is 8.90. The van der Waals surface area contributed by atoms with Crippen LogP contribution in [-0.4, -0.2) is 28.4 Å². The second-order valence-electron chi connectivity index (χ2n) is 4.63. The molecule has 1 saturated heterocycles. The Balaban J connectivity index is 1.86. The summed E-state index contributed by atoms with van der Waals surface area (Å²) in [6, 6.07) is 3.44. The third kappa shape index (κ3) is 1.40. The SMILES string of the molecule is O=C(c1cccnc1F)N1CC2CCC1C2. The zero-order chi connectivity index (χ0) is 11.1.